The molecule has 18 heavy (non-hydrogen) atoms. The van der Waals surface area contributed by atoms with Crippen molar-refractivity contribution >= 4 is 5.69 Å². The molecule has 0 spiro atoms. The molecule has 0 aliphatic heterocycles. The predicted molar refractivity (Wildman–Crippen MR) is 77.2 cm³/mol. The minimum absolute atomic E-state index is 0.241. The lowest BCUT2D eigenvalue weighted by molar-refractivity contribution is 0.412. The molecular formula is C16H20N2. The van der Waals surface area contributed by atoms with Crippen LogP contribution in [-0.4, -0.2) is 4.98 Å². The standard InChI is InChI=1S/C16H20N2/c1-16(2,3)10-13-9-14(17)6-7-15(13)12-5-4-8-18-11-12/h4-9,11H,10,17H2,1-3H3. The van der Waals surface area contributed by atoms with Gasteiger partial charge in [-0.2, -0.15) is 0 Å². The van der Waals surface area contributed by atoms with E-state index in [1.807, 2.05) is 18.3 Å². The first-order valence-electron chi connectivity index (χ1n) is 6.24. The Morgan fingerprint density at radius 1 is 1.17 bits per heavy atom. The average molecular weight is 240 g/mol. The van der Waals surface area contributed by atoms with Crippen LogP contribution in [0.1, 0.15) is 26.3 Å². The first kappa shape index (κ1) is 12.6. The van der Waals surface area contributed by atoms with Gasteiger partial charge < -0.3 is 5.73 Å². The highest BCUT2D eigenvalue weighted by molar-refractivity contribution is 5.69. The number of benzene rings is 1. The summed E-state index contributed by atoms with van der Waals surface area (Å²) in [6, 6.07) is 10.2. The third kappa shape index (κ3) is 3.10. The summed E-state index contributed by atoms with van der Waals surface area (Å²) in [6.45, 7) is 6.72. The largest absolute Gasteiger partial charge is 0.399 e. The highest BCUT2D eigenvalue weighted by Gasteiger charge is 2.15. The first-order chi connectivity index (χ1) is 8.46. The summed E-state index contributed by atoms with van der Waals surface area (Å²) >= 11 is 0. The maximum atomic E-state index is 5.91. The van der Waals surface area contributed by atoms with Crippen molar-refractivity contribution in [1.82, 2.24) is 4.98 Å². The Bertz CT molecular complexity index is 525. The van der Waals surface area contributed by atoms with Crippen molar-refractivity contribution in [2.75, 3.05) is 5.73 Å². The van der Waals surface area contributed by atoms with Gasteiger partial charge in [0.15, 0.2) is 0 Å². The number of hydrogen-bond donors (Lipinski definition) is 1. The van der Waals surface area contributed by atoms with Crippen molar-refractivity contribution in [1.29, 1.82) is 0 Å². The van der Waals surface area contributed by atoms with Crippen LogP contribution in [0.25, 0.3) is 11.1 Å². The van der Waals surface area contributed by atoms with Crippen LogP contribution in [0.5, 0.6) is 0 Å². The van der Waals surface area contributed by atoms with Crippen LogP contribution in [-0.2, 0) is 6.42 Å². The van der Waals surface area contributed by atoms with Crippen LogP contribution in [0.4, 0.5) is 5.69 Å². The number of anilines is 1. The Labute approximate surface area is 109 Å². The van der Waals surface area contributed by atoms with Gasteiger partial charge in [-0.05, 0) is 41.2 Å². The van der Waals surface area contributed by atoms with E-state index in [4.69, 9.17) is 5.73 Å². The Kier molecular flexibility index (Phi) is 3.37. The van der Waals surface area contributed by atoms with Gasteiger partial charge in [-0.25, -0.2) is 0 Å². The normalized spacial score (nSPS) is 11.5. The molecule has 2 aromatic rings. The minimum Gasteiger partial charge on any atom is -0.399 e. The van der Waals surface area contributed by atoms with E-state index >= 15 is 0 Å². The van der Waals surface area contributed by atoms with Crippen LogP contribution >= 0.6 is 0 Å². The molecule has 0 unspecified atom stereocenters. The molecule has 0 amide bonds. The fourth-order valence-corrected chi connectivity index (χ4v) is 2.13. The number of rotatable bonds is 2. The van der Waals surface area contributed by atoms with Gasteiger partial charge >= 0.3 is 0 Å². The van der Waals surface area contributed by atoms with Crippen molar-refractivity contribution in [3.8, 4) is 11.1 Å². The maximum absolute atomic E-state index is 5.91. The molecule has 0 radical (unpaired) electrons. The lowest BCUT2D eigenvalue weighted by Gasteiger charge is -2.21. The second kappa shape index (κ2) is 4.81. The van der Waals surface area contributed by atoms with Gasteiger partial charge in [-0.3, -0.25) is 4.98 Å². The number of aromatic nitrogens is 1. The molecule has 0 saturated carbocycles. The summed E-state index contributed by atoms with van der Waals surface area (Å²) in [7, 11) is 0. The van der Waals surface area contributed by atoms with Crippen molar-refractivity contribution in [3.05, 3.63) is 48.3 Å². The monoisotopic (exact) mass is 240 g/mol. The van der Waals surface area contributed by atoms with Gasteiger partial charge in [0, 0.05) is 23.6 Å². The van der Waals surface area contributed by atoms with Gasteiger partial charge in [-0.1, -0.05) is 32.9 Å². The van der Waals surface area contributed by atoms with E-state index in [2.05, 4.69) is 44.0 Å². The molecule has 1 aromatic heterocycles. The van der Waals surface area contributed by atoms with Gasteiger partial charge in [0.2, 0.25) is 0 Å². The summed E-state index contributed by atoms with van der Waals surface area (Å²) in [5, 5.41) is 0. The SMILES string of the molecule is CC(C)(C)Cc1cc(N)ccc1-c1cccnc1. The Morgan fingerprint density at radius 2 is 1.94 bits per heavy atom. The molecular weight excluding hydrogens is 220 g/mol. The number of nitrogens with two attached hydrogens (primary N) is 1. The first-order valence-corrected chi connectivity index (χ1v) is 6.24. The predicted octanol–water partition coefficient (Wildman–Crippen LogP) is 3.92. The van der Waals surface area contributed by atoms with Crippen LogP contribution in [0.2, 0.25) is 0 Å². The minimum atomic E-state index is 0.241. The second-order valence-electron chi connectivity index (χ2n) is 5.90. The van der Waals surface area contributed by atoms with Crippen LogP contribution in [0.3, 0.4) is 0 Å². The van der Waals surface area contributed by atoms with Gasteiger partial charge in [-0.15, -0.1) is 0 Å². The molecule has 0 saturated heterocycles. The van der Waals surface area contributed by atoms with E-state index in [0.29, 0.717) is 0 Å². The average Bonchev–Trinajstić information content (AvgIpc) is 2.28. The molecule has 0 fully saturated rings. The highest BCUT2D eigenvalue weighted by Crippen LogP contribution is 2.30. The summed E-state index contributed by atoms with van der Waals surface area (Å²) < 4.78 is 0. The third-order valence-corrected chi connectivity index (χ3v) is 2.82. The molecule has 0 aliphatic carbocycles. The van der Waals surface area contributed by atoms with Gasteiger partial charge in [0.1, 0.15) is 0 Å². The number of pyridine rings is 1. The highest BCUT2D eigenvalue weighted by atomic mass is 14.6. The zero-order valence-corrected chi connectivity index (χ0v) is 11.3. The molecule has 0 bridgehead atoms. The smallest absolute Gasteiger partial charge is 0.0346 e. The van der Waals surface area contributed by atoms with E-state index in [1.165, 1.54) is 11.1 Å². The van der Waals surface area contributed by atoms with E-state index in [1.54, 1.807) is 6.20 Å². The third-order valence-electron chi connectivity index (χ3n) is 2.82. The topological polar surface area (TPSA) is 38.9 Å². The summed E-state index contributed by atoms with van der Waals surface area (Å²) in [5.41, 5.74) is 10.6. The number of hydrogen-bond acceptors (Lipinski definition) is 2. The quantitative estimate of drug-likeness (QED) is 0.808. The Hall–Kier alpha value is -1.83. The Morgan fingerprint density at radius 3 is 2.56 bits per heavy atom. The molecule has 2 heteroatoms. The summed E-state index contributed by atoms with van der Waals surface area (Å²) in [6.07, 6.45) is 4.70. The Balaban J connectivity index is 2.47. The van der Waals surface area contributed by atoms with Crippen molar-refractivity contribution in [3.63, 3.8) is 0 Å². The van der Waals surface area contributed by atoms with Gasteiger partial charge in [0.25, 0.3) is 0 Å². The molecule has 1 aromatic carbocycles. The van der Waals surface area contributed by atoms with Gasteiger partial charge in [0.05, 0.1) is 0 Å². The number of nitrogens with zero attached hydrogens (tertiary/aromatic N) is 1. The summed E-state index contributed by atoms with van der Waals surface area (Å²) in [5.74, 6) is 0. The zero-order chi connectivity index (χ0) is 13.2. The van der Waals surface area contributed by atoms with E-state index in [9.17, 15) is 0 Å². The lowest BCUT2D eigenvalue weighted by atomic mass is 9.85. The van der Waals surface area contributed by atoms with Crippen molar-refractivity contribution in [2.24, 2.45) is 5.41 Å². The molecule has 0 aliphatic rings. The molecule has 2 N–H and O–H groups in total. The van der Waals surface area contributed by atoms with E-state index in [0.717, 1.165) is 17.7 Å². The molecule has 2 nitrogen and oxygen atoms in total. The number of nitrogen functional groups attached to an aromatic ring is 1. The van der Waals surface area contributed by atoms with E-state index < -0.39 is 0 Å². The molecule has 0 atom stereocenters. The van der Waals surface area contributed by atoms with Crippen molar-refractivity contribution in [2.45, 2.75) is 27.2 Å². The zero-order valence-electron chi connectivity index (χ0n) is 11.3. The van der Waals surface area contributed by atoms with E-state index in [-0.39, 0.29) is 5.41 Å². The molecule has 1 heterocycles. The fraction of sp³-hybridized carbons (Fsp3) is 0.312. The maximum Gasteiger partial charge on any atom is 0.0346 e. The summed E-state index contributed by atoms with van der Waals surface area (Å²) in [4.78, 5) is 4.19. The van der Waals surface area contributed by atoms with Crippen LogP contribution in [0, 0.1) is 5.41 Å². The van der Waals surface area contributed by atoms with Crippen LogP contribution in [0.15, 0.2) is 42.7 Å². The second-order valence-corrected chi connectivity index (χ2v) is 5.90. The fourth-order valence-electron chi connectivity index (χ4n) is 2.13. The molecule has 2 rings (SSSR count). The van der Waals surface area contributed by atoms with Crippen molar-refractivity contribution < 1.29 is 0 Å². The lowest BCUT2D eigenvalue weighted by Crippen LogP contribution is -2.10. The molecule has 94 valence electrons. The van der Waals surface area contributed by atoms with Crippen LogP contribution < -0.4 is 5.73 Å².